The van der Waals surface area contributed by atoms with Crippen LogP contribution in [0.5, 0.6) is 0 Å². The molecule has 0 fully saturated rings. The average molecular weight is 167 g/mol. The van der Waals surface area contributed by atoms with Gasteiger partial charge in [-0.2, -0.15) is 5.10 Å². The van der Waals surface area contributed by atoms with Gasteiger partial charge in [-0.05, 0) is 12.8 Å². The summed E-state index contributed by atoms with van der Waals surface area (Å²) >= 11 is 0. The van der Waals surface area contributed by atoms with Crippen molar-refractivity contribution in [1.82, 2.24) is 9.78 Å². The van der Waals surface area contributed by atoms with Crippen molar-refractivity contribution < 1.29 is 0 Å². The predicted molar refractivity (Wildman–Crippen MR) is 49.7 cm³/mol. The van der Waals surface area contributed by atoms with E-state index >= 15 is 0 Å². The van der Waals surface area contributed by atoms with Gasteiger partial charge in [0.05, 0.1) is 5.69 Å². The largest absolute Gasteiger partial charge is 0.326 e. The second-order valence-electron chi connectivity index (χ2n) is 3.56. The maximum atomic E-state index is 5.54. The van der Waals surface area contributed by atoms with Gasteiger partial charge < -0.3 is 5.73 Å². The topological polar surface area (TPSA) is 43.8 Å². The van der Waals surface area contributed by atoms with Crippen LogP contribution in [0.2, 0.25) is 0 Å². The fourth-order valence-corrected chi connectivity index (χ4v) is 1.23. The predicted octanol–water partition coefficient (Wildman–Crippen LogP) is 1.31. The highest BCUT2D eigenvalue weighted by atomic mass is 15.3. The average Bonchev–Trinajstić information content (AvgIpc) is 2.29. The molecule has 0 unspecified atom stereocenters. The second kappa shape index (κ2) is 3.72. The van der Waals surface area contributed by atoms with Crippen LogP contribution in [0.3, 0.4) is 0 Å². The monoisotopic (exact) mass is 167 g/mol. The van der Waals surface area contributed by atoms with Crippen LogP contribution < -0.4 is 5.73 Å². The van der Waals surface area contributed by atoms with Crippen molar-refractivity contribution >= 4 is 0 Å². The van der Waals surface area contributed by atoms with E-state index in [0.29, 0.717) is 12.5 Å². The minimum atomic E-state index is 0.587. The van der Waals surface area contributed by atoms with E-state index in [1.807, 2.05) is 17.8 Å². The number of aryl methyl sites for hydroxylation is 1. The van der Waals surface area contributed by atoms with Crippen molar-refractivity contribution in [2.45, 2.75) is 33.9 Å². The number of nitrogens with zero attached hydrogens (tertiary/aromatic N) is 2. The highest BCUT2D eigenvalue weighted by Gasteiger charge is 2.03. The summed E-state index contributed by atoms with van der Waals surface area (Å²) in [5.74, 6) is 0.634. The highest BCUT2D eigenvalue weighted by molar-refractivity contribution is 5.14. The number of hydrogen-bond donors (Lipinski definition) is 1. The number of rotatable bonds is 3. The molecule has 1 rings (SSSR count). The normalized spacial score (nSPS) is 11.1. The standard InChI is InChI=1S/C9H17N3/c1-7(2)5-12-6-9(4-10)8(3)11-12/h6-7H,4-5,10H2,1-3H3. The molecule has 0 aliphatic rings. The van der Waals surface area contributed by atoms with Crippen molar-refractivity contribution in [2.75, 3.05) is 0 Å². The molecule has 0 atom stereocenters. The molecular formula is C9H17N3. The van der Waals surface area contributed by atoms with E-state index in [0.717, 1.165) is 17.8 Å². The molecule has 68 valence electrons. The molecule has 0 saturated heterocycles. The van der Waals surface area contributed by atoms with Crippen LogP contribution in [-0.4, -0.2) is 9.78 Å². The van der Waals surface area contributed by atoms with Crippen molar-refractivity contribution in [3.63, 3.8) is 0 Å². The third kappa shape index (κ3) is 2.08. The molecule has 0 aliphatic heterocycles. The molecule has 0 aromatic carbocycles. The third-order valence-electron chi connectivity index (χ3n) is 1.82. The molecular weight excluding hydrogens is 150 g/mol. The highest BCUT2D eigenvalue weighted by Crippen LogP contribution is 2.06. The molecule has 2 N–H and O–H groups in total. The van der Waals surface area contributed by atoms with Crippen LogP contribution in [0.4, 0.5) is 0 Å². The lowest BCUT2D eigenvalue weighted by Crippen LogP contribution is -2.04. The Morgan fingerprint density at radius 2 is 2.25 bits per heavy atom. The Balaban J connectivity index is 2.75. The molecule has 12 heavy (non-hydrogen) atoms. The fraction of sp³-hybridized carbons (Fsp3) is 0.667. The van der Waals surface area contributed by atoms with E-state index in [2.05, 4.69) is 18.9 Å². The van der Waals surface area contributed by atoms with Crippen molar-refractivity contribution in [3.8, 4) is 0 Å². The first-order valence-corrected chi connectivity index (χ1v) is 4.36. The van der Waals surface area contributed by atoms with Crippen LogP contribution in [0, 0.1) is 12.8 Å². The number of nitrogens with two attached hydrogens (primary N) is 1. The first kappa shape index (κ1) is 9.26. The molecule has 1 aromatic rings. The molecule has 3 nitrogen and oxygen atoms in total. The van der Waals surface area contributed by atoms with Crippen LogP contribution in [0.15, 0.2) is 6.20 Å². The lowest BCUT2D eigenvalue weighted by Gasteiger charge is -2.03. The zero-order valence-electron chi connectivity index (χ0n) is 8.04. The van der Waals surface area contributed by atoms with Gasteiger partial charge >= 0.3 is 0 Å². The Morgan fingerprint density at radius 1 is 1.58 bits per heavy atom. The molecule has 1 aromatic heterocycles. The molecule has 0 bridgehead atoms. The minimum absolute atomic E-state index is 0.587. The summed E-state index contributed by atoms with van der Waals surface area (Å²) in [6, 6.07) is 0. The van der Waals surface area contributed by atoms with Gasteiger partial charge in [0.2, 0.25) is 0 Å². The molecule has 0 saturated carbocycles. The smallest absolute Gasteiger partial charge is 0.0638 e. The van der Waals surface area contributed by atoms with E-state index in [1.165, 1.54) is 0 Å². The van der Waals surface area contributed by atoms with Gasteiger partial charge in [0.25, 0.3) is 0 Å². The van der Waals surface area contributed by atoms with Crippen LogP contribution in [-0.2, 0) is 13.1 Å². The summed E-state index contributed by atoms with van der Waals surface area (Å²) in [4.78, 5) is 0. The van der Waals surface area contributed by atoms with Gasteiger partial charge in [-0.1, -0.05) is 13.8 Å². The molecule has 0 amide bonds. The zero-order chi connectivity index (χ0) is 9.14. The molecule has 0 radical (unpaired) electrons. The Hall–Kier alpha value is -0.830. The quantitative estimate of drug-likeness (QED) is 0.737. The Labute approximate surface area is 73.6 Å². The van der Waals surface area contributed by atoms with E-state index in [9.17, 15) is 0 Å². The summed E-state index contributed by atoms with van der Waals surface area (Å²) < 4.78 is 1.97. The lowest BCUT2D eigenvalue weighted by molar-refractivity contribution is 0.481. The van der Waals surface area contributed by atoms with Crippen molar-refractivity contribution in [1.29, 1.82) is 0 Å². The second-order valence-corrected chi connectivity index (χ2v) is 3.56. The summed E-state index contributed by atoms with van der Waals surface area (Å²) in [7, 11) is 0. The number of hydrogen-bond acceptors (Lipinski definition) is 2. The van der Waals surface area contributed by atoms with Crippen molar-refractivity contribution in [3.05, 3.63) is 17.5 Å². The van der Waals surface area contributed by atoms with Gasteiger partial charge in [-0.3, -0.25) is 4.68 Å². The van der Waals surface area contributed by atoms with E-state index in [1.54, 1.807) is 0 Å². The third-order valence-corrected chi connectivity index (χ3v) is 1.82. The summed E-state index contributed by atoms with van der Waals surface area (Å²) in [5, 5.41) is 4.36. The summed E-state index contributed by atoms with van der Waals surface area (Å²) in [6.45, 7) is 7.92. The Morgan fingerprint density at radius 3 is 2.67 bits per heavy atom. The summed E-state index contributed by atoms with van der Waals surface area (Å²) in [6.07, 6.45) is 2.04. The first-order valence-electron chi connectivity index (χ1n) is 4.36. The maximum absolute atomic E-state index is 5.54. The fourth-order valence-electron chi connectivity index (χ4n) is 1.23. The van der Waals surface area contributed by atoms with Gasteiger partial charge in [-0.15, -0.1) is 0 Å². The lowest BCUT2D eigenvalue weighted by atomic mass is 10.2. The molecule has 3 heteroatoms. The minimum Gasteiger partial charge on any atom is -0.326 e. The summed E-state index contributed by atoms with van der Waals surface area (Å²) in [5.41, 5.74) is 7.74. The first-order chi connectivity index (χ1) is 5.63. The Kier molecular flexibility index (Phi) is 2.87. The van der Waals surface area contributed by atoms with E-state index in [4.69, 9.17) is 5.73 Å². The SMILES string of the molecule is Cc1nn(CC(C)C)cc1CN. The molecule has 1 heterocycles. The molecule has 0 spiro atoms. The van der Waals surface area contributed by atoms with Crippen LogP contribution in [0.25, 0.3) is 0 Å². The maximum Gasteiger partial charge on any atom is 0.0638 e. The number of aromatic nitrogens is 2. The Bertz CT molecular complexity index is 250. The molecule has 0 aliphatic carbocycles. The zero-order valence-corrected chi connectivity index (χ0v) is 8.04. The van der Waals surface area contributed by atoms with E-state index in [-0.39, 0.29) is 0 Å². The van der Waals surface area contributed by atoms with Gasteiger partial charge in [0.1, 0.15) is 0 Å². The van der Waals surface area contributed by atoms with Crippen LogP contribution >= 0.6 is 0 Å². The van der Waals surface area contributed by atoms with Crippen LogP contribution in [0.1, 0.15) is 25.1 Å². The van der Waals surface area contributed by atoms with Gasteiger partial charge in [0.15, 0.2) is 0 Å². The van der Waals surface area contributed by atoms with E-state index < -0.39 is 0 Å². The van der Waals surface area contributed by atoms with Gasteiger partial charge in [0, 0.05) is 24.8 Å². The van der Waals surface area contributed by atoms with Crippen molar-refractivity contribution in [2.24, 2.45) is 11.7 Å². The van der Waals surface area contributed by atoms with Gasteiger partial charge in [-0.25, -0.2) is 0 Å².